The lowest BCUT2D eigenvalue weighted by Crippen LogP contribution is -2.26. The van der Waals surface area contributed by atoms with Gasteiger partial charge in [0.15, 0.2) is 0 Å². The zero-order valence-electron chi connectivity index (χ0n) is 12.0. The van der Waals surface area contributed by atoms with Gasteiger partial charge in [-0.3, -0.25) is 9.89 Å². The van der Waals surface area contributed by atoms with Gasteiger partial charge in [-0.2, -0.15) is 5.10 Å². The Labute approximate surface area is 119 Å². The number of hydrogen-bond donors (Lipinski definition) is 2. The summed E-state index contributed by atoms with van der Waals surface area (Å²) in [5.74, 6) is 0.0678. The molecule has 1 aromatic carbocycles. The molecular formula is C16H21N3O. The Hall–Kier alpha value is -2.10. The summed E-state index contributed by atoms with van der Waals surface area (Å²) in [6.07, 6.45) is 5.85. The minimum Gasteiger partial charge on any atom is -0.349 e. The molecule has 0 spiro atoms. The van der Waals surface area contributed by atoms with Gasteiger partial charge in [-0.05, 0) is 30.9 Å². The van der Waals surface area contributed by atoms with Crippen LogP contribution in [0.1, 0.15) is 43.0 Å². The first kappa shape index (κ1) is 14.3. The van der Waals surface area contributed by atoms with E-state index in [0.717, 1.165) is 18.4 Å². The van der Waals surface area contributed by atoms with Crippen LogP contribution in [-0.2, 0) is 17.6 Å². The van der Waals surface area contributed by atoms with Crippen molar-refractivity contribution in [3.63, 3.8) is 0 Å². The normalized spacial score (nSPS) is 12.1. The van der Waals surface area contributed by atoms with Crippen molar-refractivity contribution in [1.82, 2.24) is 15.5 Å². The summed E-state index contributed by atoms with van der Waals surface area (Å²) >= 11 is 0. The van der Waals surface area contributed by atoms with Crippen LogP contribution in [0.25, 0.3) is 0 Å². The number of aryl methyl sites for hydroxylation is 2. The maximum Gasteiger partial charge on any atom is 0.220 e. The van der Waals surface area contributed by atoms with Gasteiger partial charge in [-0.1, -0.05) is 31.2 Å². The number of amides is 1. The Morgan fingerprint density at radius 1 is 1.30 bits per heavy atom. The number of hydrogen-bond acceptors (Lipinski definition) is 2. The molecule has 0 fully saturated rings. The first-order valence-corrected chi connectivity index (χ1v) is 7.05. The van der Waals surface area contributed by atoms with E-state index < -0.39 is 0 Å². The lowest BCUT2D eigenvalue weighted by molar-refractivity contribution is -0.121. The van der Waals surface area contributed by atoms with Crippen LogP contribution in [0.4, 0.5) is 0 Å². The van der Waals surface area contributed by atoms with Crippen molar-refractivity contribution in [2.45, 2.75) is 39.2 Å². The second-order valence-corrected chi connectivity index (χ2v) is 4.99. The Balaban J connectivity index is 1.79. The molecular weight excluding hydrogens is 250 g/mol. The van der Waals surface area contributed by atoms with Crippen LogP contribution in [0.3, 0.4) is 0 Å². The first-order chi connectivity index (χ1) is 9.69. The number of aromatic amines is 1. The third kappa shape index (κ3) is 3.95. The molecule has 0 saturated carbocycles. The van der Waals surface area contributed by atoms with E-state index in [9.17, 15) is 4.79 Å². The maximum absolute atomic E-state index is 11.9. The number of rotatable bonds is 6. The number of carbonyl (C=O) groups excluding carboxylic acids is 1. The van der Waals surface area contributed by atoms with Crippen molar-refractivity contribution in [3.8, 4) is 0 Å². The summed E-state index contributed by atoms with van der Waals surface area (Å²) in [7, 11) is 0. The number of H-pyrrole nitrogens is 1. The van der Waals surface area contributed by atoms with E-state index in [2.05, 4.69) is 46.7 Å². The van der Waals surface area contributed by atoms with Crippen LogP contribution in [0, 0.1) is 0 Å². The Kier molecular flexibility index (Phi) is 4.93. The molecule has 20 heavy (non-hydrogen) atoms. The quantitative estimate of drug-likeness (QED) is 0.848. The van der Waals surface area contributed by atoms with Gasteiger partial charge in [0, 0.05) is 18.2 Å². The standard InChI is InChI=1S/C16H21N3O/c1-3-13-4-6-14(7-5-13)8-9-16(20)19-12(2)15-10-17-18-11-15/h4-7,10-12H,3,8-9H2,1-2H3,(H,17,18)(H,19,20). The second-order valence-electron chi connectivity index (χ2n) is 4.99. The molecule has 0 radical (unpaired) electrons. The third-order valence-electron chi connectivity index (χ3n) is 3.47. The number of nitrogens with zero attached hydrogens (tertiary/aromatic N) is 1. The molecule has 1 amide bonds. The summed E-state index contributed by atoms with van der Waals surface area (Å²) in [6, 6.07) is 8.45. The highest BCUT2D eigenvalue weighted by Crippen LogP contribution is 2.11. The van der Waals surface area contributed by atoms with E-state index in [1.54, 1.807) is 12.4 Å². The molecule has 106 valence electrons. The predicted octanol–water partition coefficient (Wildman–Crippen LogP) is 2.78. The van der Waals surface area contributed by atoms with E-state index in [4.69, 9.17) is 0 Å². The highest BCUT2D eigenvalue weighted by Gasteiger charge is 2.10. The fraction of sp³-hybridized carbons (Fsp3) is 0.375. The third-order valence-corrected chi connectivity index (χ3v) is 3.47. The van der Waals surface area contributed by atoms with Crippen LogP contribution in [0.2, 0.25) is 0 Å². The van der Waals surface area contributed by atoms with Gasteiger partial charge in [-0.15, -0.1) is 0 Å². The van der Waals surface area contributed by atoms with Gasteiger partial charge in [0.25, 0.3) is 0 Å². The largest absolute Gasteiger partial charge is 0.349 e. The van der Waals surface area contributed by atoms with E-state index in [-0.39, 0.29) is 11.9 Å². The van der Waals surface area contributed by atoms with Gasteiger partial charge in [-0.25, -0.2) is 0 Å². The molecule has 4 nitrogen and oxygen atoms in total. The number of carbonyl (C=O) groups is 1. The van der Waals surface area contributed by atoms with Crippen LogP contribution in [0.5, 0.6) is 0 Å². The molecule has 0 saturated heterocycles. The average molecular weight is 271 g/mol. The molecule has 4 heteroatoms. The SMILES string of the molecule is CCc1ccc(CCC(=O)NC(C)c2cn[nH]c2)cc1. The molecule has 0 aliphatic carbocycles. The van der Waals surface area contributed by atoms with Crippen molar-refractivity contribution in [2.24, 2.45) is 0 Å². The second kappa shape index (κ2) is 6.89. The zero-order valence-corrected chi connectivity index (χ0v) is 12.0. The molecule has 1 atom stereocenters. The van der Waals surface area contributed by atoms with Gasteiger partial charge >= 0.3 is 0 Å². The highest BCUT2D eigenvalue weighted by molar-refractivity contribution is 5.76. The lowest BCUT2D eigenvalue weighted by atomic mass is 10.1. The van der Waals surface area contributed by atoms with Crippen molar-refractivity contribution < 1.29 is 4.79 Å². The fourth-order valence-corrected chi connectivity index (χ4v) is 2.09. The number of benzene rings is 1. The molecule has 1 heterocycles. The fourth-order valence-electron chi connectivity index (χ4n) is 2.09. The number of aromatic nitrogens is 2. The summed E-state index contributed by atoms with van der Waals surface area (Å²) in [5, 5.41) is 9.61. The van der Waals surface area contributed by atoms with Crippen molar-refractivity contribution in [1.29, 1.82) is 0 Å². The molecule has 1 aromatic heterocycles. The van der Waals surface area contributed by atoms with Crippen molar-refractivity contribution in [3.05, 3.63) is 53.3 Å². The molecule has 2 aromatic rings. The maximum atomic E-state index is 11.9. The van der Waals surface area contributed by atoms with Crippen molar-refractivity contribution in [2.75, 3.05) is 0 Å². The van der Waals surface area contributed by atoms with Gasteiger partial charge in [0.05, 0.1) is 12.2 Å². The molecule has 2 N–H and O–H groups in total. The molecule has 1 unspecified atom stereocenters. The summed E-state index contributed by atoms with van der Waals surface area (Å²) in [5.41, 5.74) is 3.52. The molecule has 0 aliphatic heterocycles. The van der Waals surface area contributed by atoms with Crippen LogP contribution < -0.4 is 5.32 Å². The van der Waals surface area contributed by atoms with E-state index in [0.29, 0.717) is 6.42 Å². The van der Waals surface area contributed by atoms with Crippen LogP contribution >= 0.6 is 0 Å². The first-order valence-electron chi connectivity index (χ1n) is 7.05. The van der Waals surface area contributed by atoms with Crippen molar-refractivity contribution >= 4 is 5.91 Å². The average Bonchev–Trinajstić information content (AvgIpc) is 3.00. The van der Waals surface area contributed by atoms with Gasteiger partial charge in [0.2, 0.25) is 5.91 Å². The summed E-state index contributed by atoms with van der Waals surface area (Å²) in [6.45, 7) is 4.10. The smallest absolute Gasteiger partial charge is 0.220 e. The van der Waals surface area contributed by atoms with Crippen LogP contribution in [0.15, 0.2) is 36.7 Å². The highest BCUT2D eigenvalue weighted by atomic mass is 16.1. The molecule has 0 aliphatic rings. The molecule has 2 rings (SSSR count). The van der Waals surface area contributed by atoms with E-state index in [1.807, 2.05) is 6.92 Å². The molecule has 0 bridgehead atoms. The Morgan fingerprint density at radius 3 is 2.60 bits per heavy atom. The Bertz CT molecular complexity index is 531. The topological polar surface area (TPSA) is 57.8 Å². The predicted molar refractivity (Wildman–Crippen MR) is 79.3 cm³/mol. The minimum absolute atomic E-state index is 0.0104. The van der Waals surface area contributed by atoms with E-state index in [1.165, 1.54) is 11.1 Å². The van der Waals surface area contributed by atoms with E-state index >= 15 is 0 Å². The lowest BCUT2D eigenvalue weighted by Gasteiger charge is -2.12. The summed E-state index contributed by atoms with van der Waals surface area (Å²) in [4.78, 5) is 11.9. The van der Waals surface area contributed by atoms with Gasteiger partial charge < -0.3 is 5.32 Å². The monoisotopic (exact) mass is 271 g/mol. The summed E-state index contributed by atoms with van der Waals surface area (Å²) < 4.78 is 0. The minimum atomic E-state index is -0.0104. The zero-order chi connectivity index (χ0) is 14.4. The Morgan fingerprint density at radius 2 is 2.00 bits per heavy atom. The number of nitrogens with one attached hydrogen (secondary N) is 2. The van der Waals surface area contributed by atoms with Crippen LogP contribution in [-0.4, -0.2) is 16.1 Å². The van der Waals surface area contributed by atoms with Gasteiger partial charge in [0.1, 0.15) is 0 Å².